The van der Waals surface area contributed by atoms with Gasteiger partial charge in [0.15, 0.2) is 0 Å². The van der Waals surface area contributed by atoms with Gasteiger partial charge in [0.25, 0.3) is 0 Å². The smallest absolute Gasteiger partial charge is 0.0874 e. The van der Waals surface area contributed by atoms with Crippen LogP contribution in [0.2, 0.25) is 0 Å². The fraction of sp³-hybridized carbons (Fsp3) is 0.900. The second kappa shape index (κ2) is 26.2. The highest BCUT2D eigenvalue weighted by molar-refractivity contribution is 4.77. The first kappa shape index (κ1) is 29.2. The number of nitrogens with two attached hydrogens (primary N) is 1. The average Bonchev–Trinajstić information content (AvgIpc) is 2.73. The van der Waals surface area contributed by atoms with Crippen molar-refractivity contribution in [1.29, 1.82) is 0 Å². The van der Waals surface area contributed by atoms with Crippen LogP contribution in [0, 0.1) is 0 Å². The lowest BCUT2D eigenvalue weighted by molar-refractivity contribution is -0.0229. The van der Waals surface area contributed by atoms with Crippen LogP contribution in [0.5, 0.6) is 0 Å². The van der Waals surface area contributed by atoms with Crippen molar-refractivity contribution in [3.63, 3.8) is 0 Å². The summed E-state index contributed by atoms with van der Waals surface area (Å²) in [4.78, 5) is 0. The quantitative estimate of drug-likeness (QED) is 0.146. The molecule has 0 aromatic heterocycles. The molecule has 3 N–H and O–H groups in total. The molecule has 0 radical (unpaired) electrons. The van der Waals surface area contributed by atoms with Crippen molar-refractivity contribution in [3.05, 3.63) is 12.3 Å². The maximum Gasteiger partial charge on any atom is 0.0874 e. The number of hydrogen-bond donors (Lipinski definition) is 2. The van der Waals surface area contributed by atoms with Gasteiger partial charge in [-0.2, -0.15) is 0 Å². The molecule has 0 aromatic rings. The van der Waals surface area contributed by atoms with Crippen molar-refractivity contribution in [3.8, 4) is 0 Å². The summed E-state index contributed by atoms with van der Waals surface area (Å²) < 4.78 is 42.7. The van der Waals surface area contributed by atoms with Gasteiger partial charge >= 0.3 is 0 Å². The molecule has 0 bridgehead atoms. The van der Waals surface area contributed by atoms with Gasteiger partial charge in [-0.3, -0.25) is 0 Å². The van der Waals surface area contributed by atoms with Gasteiger partial charge in [-0.05, 0) is 0 Å². The highest BCUT2D eigenvalue weighted by Gasteiger charge is 1.95. The summed E-state index contributed by atoms with van der Waals surface area (Å²) >= 11 is 0. The highest BCUT2D eigenvalue weighted by atomic mass is 16.6. The van der Waals surface area contributed by atoms with Crippen molar-refractivity contribution in [2.45, 2.75) is 6.42 Å². The predicted molar refractivity (Wildman–Crippen MR) is 112 cm³/mol. The molecule has 0 unspecified atom stereocenters. The number of aliphatic hydroxyl groups excluding tert-OH is 1. The molecule has 30 heavy (non-hydrogen) atoms. The average molecular weight is 440 g/mol. The topological polar surface area (TPSA) is 120 Å². The zero-order valence-corrected chi connectivity index (χ0v) is 18.2. The van der Waals surface area contributed by atoms with Gasteiger partial charge in [-0.15, -0.1) is 0 Å². The van der Waals surface area contributed by atoms with Crippen LogP contribution in [-0.2, 0) is 37.9 Å². The lowest BCUT2D eigenvalue weighted by Gasteiger charge is -2.08. The normalized spacial score (nSPS) is 11.2. The van der Waals surface area contributed by atoms with E-state index in [1.165, 1.54) is 0 Å². The van der Waals surface area contributed by atoms with E-state index in [-0.39, 0.29) is 5.76 Å². The largest absolute Gasteiger partial charge is 0.513 e. The van der Waals surface area contributed by atoms with Crippen molar-refractivity contribution >= 4 is 0 Å². The van der Waals surface area contributed by atoms with Gasteiger partial charge in [0.05, 0.1) is 111 Å². The van der Waals surface area contributed by atoms with E-state index in [2.05, 4.69) is 6.58 Å². The molecule has 0 rings (SSSR count). The second-order valence-corrected chi connectivity index (χ2v) is 6.00. The molecular formula is C20H41NO9. The van der Waals surface area contributed by atoms with E-state index in [0.29, 0.717) is 119 Å². The van der Waals surface area contributed by atoms with E-state index < -0.39 is 0 Å². The lowest BCUT2D eigenvalue weighted by atomic mass is 10.4. The Balaban J connectivity index is 2.99. The van der Waals surface area contributed by atoms with E-state index >= 15 is 0 Å². The fourth-order valence-electron chi connectivity index (χ4n) is 1.91. The van der Waals surface area contributed by atoms with Gasteiger partial charge < -0.3 is 48.7 Å². The van der Waals surface area contributed by atoms with Crippen LogP contribution in [0.4, 0.5) is 0 Å². The van der Waals surface area contributed by atoms with E-state index in [0.717, 1.165) is 0 Å². The standard InChI is InChI=1S/C20H41NO9/c1-20(22)2-4-23-6-8-25-10-12-27-14-16-29-18-19-30-17-15-28-13-11-26-9-7-24-5-3-21/h22H,1-19,21H2. The van der Waals surface area contributed by atoms with Gasteiger partial charge in [-0.25, -0.2) is 0 Å². The second-order valence-electron chi connectivity index (χ2n) is 6.00. The molecule has 0 saturated heterocycles. The Kier molecular flexibility index (Phi) is 25.5. The maximum absolute atomic E-state index is 8.88. The van der Waals surface area contributed by atoms with Crippen LogP contribution < -0.4 is 5.73 Å². The van der Waals surface area contributed by atoms with Crippen molar-refractivity contribution in [2.24, 2.45) is 5.73 Å². The monoisotopic (exact) mass is 439 g/mol. The summed E-state index contributed by atoms with van der Waals surface area (Å²) in [6, 6.07) is 0. The highest BCUT2D eigenvalue weighted by Crippen LogP contribution is 1.92. The van der Waals surface area contributed by atoms with Gasteiger partial charge in [-0.1, -0.05) is 6.58 Å². The van der Waals surface area contributed by atoms with E-state index in [9.17, 15) is 0 Å². The molecule has 0 aliphatic rings. The van der Waals surface area contributed by atoms with Gasteiger partial charge in [0.2, 0.25) is 0 Å². The zero-order valence-electron chi connectivity index (χ0n) is 18.2. The third kappa shape index (κ3) is 27.2. The minimum Gasteiger partial charge on any atom is -0.513 e. The molecule has 0 heterocycles. The predicted octanol–water partition coefficient (Wildman–Crippen LogP) is 0.540. The first-order valence-electron chi connectivity index (χ1n) is 10.5. The number of rotatable bonds is 26. The van der Waals surface area contributed by atoms with Gasteiger partial charge in [0.1, 0.15) is 0 Å². The molecule has 0 fully saturated rings. The first-order chi connectivity index (χ1) is 14.8. The third-order valence-corrected chi connectivity index (χ3v) is 3.40. The Bertz CT molecular complexity index is 348. The Labute approximate surface area is 180 Å². The van der Waals surface area contributed by atoms with Crippen molar-refractivity contribution in [2.75, 3.05) is 112 Å². The Hall–Kier alpha value is -0.820. The molecule has 180 valence electrons. The zero-order chi connectivity index (χ0) is 22.0. The molecule has 0 saturated carbocycles. The minimum atomic E-state index is 0.130. The van der Waals surface area contributed by atoms with Crippen LogP contribution in [0.15, 0.2) is 12.3 Å². The van der Waals surface area contributed by atoms with E-state index in [4.69, 9.17) is 48.7 Å². The van der Waals surface area contributed by atoms with E-state index in [1.54, 1.807) is 0 Å². The summed E-state index contributed by atoms with van der Waals surface area (Å²) in [5, 5.41) is 8.88. The Morgan fingerprint density at radius 2 is 0.700 bits per heavy atom. The molecule has 0 aliphatic heterocycles. The van der Waals surface area contributed by atoms with Crippen LogP contribution in [0.25, 0.3) is 0 Å². The number of aliphatic hydroxyl groups is 1. The van der Waals surface area contributed by atoms with Crippen molar-refractivity contribution in [1.82, 2.24) is 0 Å². The summed E-state index contributed by atoms with van der Waals surface area (Å²) in [6.45, 7) is 12.2. The number of hydrogen-bond acceptors (Lipinski definition) is 10. The van der Waals surface area contributed by atoms with Crippen molar-refractivity contribution < 1.29 is 43.0 Å². The number of ether oxygens (including phenoxy) is 8. The molecule has 0 atom stereocenters. The SMILES string of the molecule is C=C(O)CCOCCOCCOCCOCCOCCOCCOCCOCCN. The lowest BCUT2D eigenvalue weighted by Crippen LogP contribution is -2.15. The fourth-order valence-corrected chi connectivity index (χ4v) is 1.91. The minimum absolute atomic E-state index is 0.130. The maximum atomic E-state index is 8.88. The van der Waals surface area contributed by atoms with Gasteiger partial charge in [0, 0.05) is 13.0 Å². The molecule has 10 heteroatoms. The summed E-state index contributed by atoms with van der Waals surface area (Å²) in [6.07, 6.45) is 0.449. The van der Waals surface area contributed by atoms with Crippen LogP contribution in [0.1, 0.15) is 6.42 Å². The van der Waals surface area contributed by atoms with Crippen LogP contribution in [0.3, 0.4) is 0 Å². The van der Waals surface area contributed by atoms with E-state index in [1.807, 2.05) is 0 Å². The van der Waals surface area contributed by atoms with Crippen LogP contribution in [-0.4, -0.2) is 117 Å². The summed E-state index contributed by atoms with van der Waals surface area (Å²) in [5.74, 6) is 0.130. The molecular weight excluding hydrogens is 398 g/mol. The molecule has 0 aliphatic carbocycles. The Morgan fingerprint density at radius 1 is 0.467 bits per heavy atom. The molecule has 0 amide bonds. The summed E-state index contributed by atoms with van der Waals surface area (Å²) in [7, 11) is 0. The molecule has 10 nitrogen and oxygen atoms in total. The van der Waals surface area contributed by atoms with Crippen LogP contribution >= 0.6 is 0 Å². The molecule has 0 spiro atoms. The Morgan fingerprint density at radius 3 is 0.933 bits per heavy atom. The first-order valence-corrected chi connectivity index (χ1v) is 10.5. The third-order valence-electron chi connectivity index (χ3n) is 3.40. The molecule has 0 aromatic carbocycles. The summed E-state index contributed by atoms with van der Waals surface area (Å²) in [5.41, 5.74) is 5.30.